The number of benzene rings is 2. The molecule has 0 radical (unpaired) electrons. The number of nitrogens with one attached hydrogen (secondary N) is 1. The summed E-state index contributed by atoms with van der Waals surface area (Å²) in [5.41, 5.74) is 1.48. The quantitative estimate of drug-likeness (QED) is 0.824. The Morgan fingerprint density at radius 1 is 1.07 bits per heavy atom. The van der Waals surface area contributed by atoms with Crippen LogP contribution in [-0.2, 0) is 16.0 Å². The SMILES string of the molecule is O=C(Cc1ccc(OC(F)F)cc1)Nc1ccccc1C(=O)N1CCOCC1. The number of ether oxygens (including phenoxy) is 2. The largest absolute Gasteiger partial charge is 0.435 e. The van der Waals surface area contributed by atoms with Crippen LogP contribution in [0.25, 0.3) is 0 Å². The standard InChI is InChI=1S/C20H20F2N2O4/c21-20(22)28-15-7-5-14(6-8-15)13-18(25)23-17-4-2-1-3-16(17)19(26)24-9-11-27-12-10-24/h1-8,20H,9-13H2,(H,23,25). The van der Waals surface area contributed by atoms with Gasteiger partial charge in [0.05, 0.1) is 30.9 Å². The molecule has 3 rings (SSSR count). The van der Waals surface area contributed by atoms with E-state index < -0.39 is 6.61 Å². The number of amides is 2. The first-order chi connectivity index (χ1) is 13.5. The summed E-state index contributed by atoms with van der Waals surface area (Å²) >= 11 is 0. The first-order valence-electron chi connectivity index (χ1n) is 8.82. The maximum atomic E-state index is 12.7. The number of hydrogen-bond acceptors (Lipinski definition) is 4. The van der Waals surface area contributed by atoms with Gasteiger partial charge in [-0.25, -0.2) is 0 Å². The van der Waals surface area contributed by atoms with Gasteiger partial charge in [-0.1, -0.05) is 24.3 Å². The van der Waals surface area contributed by atoms with E-state index in [9.17, 15) is 18.4 Å². The van der Waals surface area contributed by atoms with E-state index in [1.54, 1.807) is 41.3 Å². The fourth-order valence-electron chi connectivity index (χ4n) is 2.88. The van der Waals surface area contributed by atoms with E-state index in [1.807, 2.05) is 0 Å². The van der Waals surface area contributed by atoms with Gasteiger partial charge >= 0.3 is 6.61 Å². The van der Waals surface area contributed by atoms with Gasteiger partial charge < -0.3 is 19.7 Å². The number of anilines is 1. The molecule has 0 aromatic heterocycles. The third kappa shape index (κ3) is 5.26. The minimum atomic E-state index is -2.89. The maximum Gasteiger partial charge on any atom is 0.387 e. The van der Waals surface area contributed by atoms with Crippen molar-refractivity contribution in [2.45, 2.75) is 13.0 Å². The van der Waals surface area contributed by atoms with Gasteiger partial charge in [-0.05, 0) is 29.8 Å². The second-order valence-corrected chi connectivity index (χ2v) is 6.20. The maximum absolute atomic E-state index is 12.7. The molecule has 0 unspecified atom stereocenters. The third-order valence-corrected chi connectivity index (χ3v) is 4.24. The summed E-state index contributed by atoms with van der Waals surface area (Å²) in [7, 11) is 0. The molecular formula is C20H20F2N2O4. The molecule has 1 heterocycles. The number of morpholine rings is 1. The van der Waals surface area contributed by atoms with Crippen molar-refractivity contribution in [2.24, 2.45) is 0 Å². The van der Waals surface area contributed by atoms with Crippen molar-refractivity contribution in [1.82, 2.24) is 4.90 Å². The van der Waals surface area contributed by atoms with Crippen molar-refractivity contribution >= 4 is 17.5 Å². The summed E-state index contributed by atoms with van der Waals surface area (Å²) < 4.78 is 33.9. The van der Waals surface area contributed by atoms with Crippen LogP contribution < -0.4 is 10.1 Å². The number of nitrogens with zero attached hydrogens (tertiary/aromatic N) is 1. The van der Waals surface area contributed by atoms with Crippen LogP contribution in [0.15, 0.2) is 48.5 Å². The van der Waals surface area contributed by atoms with E-state index in [0.29, 0.717) is 43.1 Å². The monoisotopic (exact) mass is 390 g/mol. The number of carbonyl (C=O) groups excluding carboxylic acids is 2. The van der Waals surface area contributed by atoms with Crippen molar-refractivity contribution in [1.29, 1.82) is 0 Å². The van der Waals surface area contributed by atoms with E-state index >= 15 is 0 Å². The van der Waals surface area contributed by atoms with Crippen LogP contribution in [0.2, 0.25) is 0 Å². The molecule has 1 aliphatic heterocycles. The van der Waals surface area contributed by atoms with Crippen LogP contribution in [-0.4, -0.2) is 49.6 Å². The van der Waals surface area contributed by atoms with Gasteiger partial charge in [-0.2, -0.15) is 8.78 Å². The number of para-hydroxylation sites is 1. The Morgan fingerprint density at radius 2 is 1.75 bits per heavy atom. The Balaban J connectivity index is 1.65. The van der Waals surface area contributed by atoms with Crippen molar-refractivity contribution < 1.29 is 27.8 Å². The first-order valence-corrected chi connectivity index (χ1v) is 8.82. The van der Waals surface area contributed by atoms with Gasteiger partial charge in [-0.3, -0.25) is 9.59 Å². The Hall–Kier alpha value is -3.00. The van der Waals surface area contributed by atoms with Gasteiger partial charge in [0.1, 0.15) is 5.75 Å². The number of halogens is 2. The molecule has 0 spiro atoms. The Labute approximate surface area is 161 Å². The molecule has 1 saturated heterocycles. The van der Waals surface area contributed by atoms with Crippen molar-refractivity contribution in [3.63, 3.8) is 0 Å². The number of carbonyl (C=O) groups is 2. The Kier molecular flexibility index (Phi) is 6.54. The van der Waals surface area contributed by atoms with Crippen LogP contribution in [0.5, 0.6) is 5.75 Å². The van der Waals surface area contributed by atoms with E-state index in [4.69, 9.17) is 4.74 Å². The summed E-state index contributed by atoms with van der Waals surface area (Å²) in [6.45, 7) is -0.894. The predicted octanol–water partition coefficient (Wildman–Crippen LogP) is 2.94. The summed E-state index contributed by atoms with van der Waals surface area (Å²) in [5.74, 6) is -0.446. The molecule has 148 valence electrons. The minimum Gasteiger partial charge on any atom is -0.435 e. The second-order valence-electron chi connectivity index (χ2n) is 6.20. The highest BCUT2D eigenvalue weighted by Crippen LogP contribution is 2.19. The van der Waals surface area contributed by atoms with E-state index in [0.717, 1.165) is 0 Å². The molecule has 1 fully saturated rings. The zero-order valence-electron chi connectivity index (χ0n) is 15.1. The van der Waals surface area contributed by atoms with Crippen LogP contribution in [0.1, 0.15) is 15.9 Å². The summed E-state index contributed by atoms with van der Waals surface area (Å²) in [4.78, 5) is 26.8. The van der Waals surface area contributed by atoms with Crippen molar-refractivity contribution in [3.8, 4) is 5.75 Å². The van der Waals surface area contributed by atoms with Crippen LogP contribution in [0.3, 0.4) is 0 Å². The molecule has 2 aromatic rings. The van der Waals surface area contributed by atoms with Crippen molar-refractivity contribution in [3.05, 3.63) is 59.7 Å². The highest BCUT2D eigenvalue weighted by Gasteiger charge is 2.21. The fourth-order valence-corrected chi connectivity index (χ4v) is 2.88. The topological polar surface area (TPSA) is 67.9 Å². The third-order valence-electron chi connectivity index (χ3n) is 4.24. The molecule has 0 saturated carbocycles. The number of rotatable bonds is 6. The predicted molar refractivity (Wildman–Crippen MR) is 98.6 cm³/mol. The average molecular weight is 390 g/mol. The lowest BCUT2D eigenvalue weighted by atomic mass is 10.1. The molecule has 6 nitrogen and oxygen atoms in total. The summed E-state index contributed by atoms with van der Waals surface area (Å²) in [6.07, 6.45) is 0.0367. The Bertz CT molecular complexity index is 821. The van der Waals surface area contributed by atoms with Gasteiger partial charge in [0, 0.05) is 13.1 Å². The molecule has 0 atom stereocenters. The number of hydrogen-bond donors (Lipinski definition) is 1. The van der Waals surface area contributed by atoms with E-state index in [2.05, 4.69) is 10.1 Å². The molecule has 0 bridgehead atoms. The minimum absolute atomic E-state index is 0.0283. The smallest absolute Gasteiger partial charge is 0.387 e. The van der Waals surface area contributed by atoms with Gasteiger partial charge in [0.15, 0.2) is 0 Å². The lowest BCUT2D eigenvalue weighted by molar-refractivity contribution is -0.115. The fraction of sp³-hybridized carbons (Fsp3) is 0.300. The molecule has 2 aromatic carbocycles. The Morgan fingerprint density at radius 3 is 2.43 bits per heavy atom. The van der Waals surface area contributed by atoms with E-state index in [1.165, 1.54) is 12.1 Å². The second kappa shape index (κ2) is 9.27. The number of alkyl halides is 2. The molecule has 2 amide bonds. The zero-order valence-corrected chi connectivity index (χ0v) is 15.1. The van der Waals surface area contributed by atoms with Crippen molar-refractivity contribution in [2.75, 3.05) is 31.6 Å². The lowest BCUT2D eigenvalue weighted by Crippen LogP contribution is -2.41. The normalized spacial score (nSPS) is 14.0. The summed E-state index contributed by atoms with van der Waals surface area (Å²) in [6, 6.07) is 12.7. The first kappa shape index (κ1) is 19.8. The molecule has 0 aliphatic carbocycles. The van der Waals surface area contributed by atoms with Gasteiger partial charge in [0.2, 0.25) is 5.91 Å². The van der Waals surface area contributed by atoms with Crippen LogP contribution >= 0.6 is 0 Å². The van der Waals surface area contributed by atoms with Crippen LogP contribution in [0, 0.1) is 0 Å². The molecule has 1 N–H and O–H groups in total. The molecule has 1 aliphatic rings. The van der Waals surface area contributed by atoms with Gasteiger partial charge in [-0.15, -0.1) is 0 Å². The highest BCUT2D eigenvalue weighted by molar-refractivity contribution is 6.04. The van der Waals surface area contributed by atoms with E-state index in [-0.39, 0.29) is 24.0 Å². The molecular weight excluding hydrogens is 370 g/mol. The highest BCUT2D eigenvalue weighted by atomic mass is 19.3. The zero-order chi connectivity index (χ0) is 19.9. The summed E-state index contributed by atoms with van der Waals surface area (Å²) in [5, 5.41) is 2.76. The molecule has 28 heavy (non-hydrogen) atoms. The van der Waals surface area contributed by atoms with Crippen LogP contribution in [0.4, 0.5) is 14.5 Å². The lowest BCUT2D eigenvalue weighted by Gasteiger charge is -2.27. The van der Waals surface area contributed by atoms with Gasteiger partial charge in [0.25, 0.3) is 5.91 Å². The average Bonchev–Trinajstić information content (AvgIpc) is 2.69. The molecule has 8 heteroatoms.